The van der Waals surface area contributed by atoms with Crippen LogP contribution in [0.4, 0.5) is 10.1 Å². The van der Waals surface area contributed by atoms with E-state index in [9.17, 15) is 9.18 Å². The Morgan fingerprint density at radius 2 is 1.56 bits per heavy atom. The van der Waals surface area contributed by atoms with Gasteiger partial charge >= 0.3 is 0 Å². The molecule has 1 amide bonds. The predicted octanol–water partition coefficient (Wildman–Crippen LogP) is 5.31. The number of hydrogen-bond acceptors (Lipinski definition) is 2. The molecule has 0 radical (unpaired) electrons. The SMILES string of the molecule is O=C(Nc1ccc(OCc2ccc(Cl)cc2)cc1)c1ccc(F)cc1. The van der Waals surface area contributed by atoms with E-state index in [0.717, 1.165) is 5.56 Å². The van der Waals surface area contributed by atoms with E-state index in [1.54, 1.807) is 24.3 Å². The molecule has 126 valence electrons. The largest absolute Gasteiger partial charge is 0.489 e. The quantitative estimate of drug-likeness (QED) is 0.673. The molecular weight excluding hydrogens is 341 g/mol. The van der Waals surface area contributed by atoms with Gasteiger partial charge in [-0.25, -0.2) is 4.39 Å². The highest BCUT2D eigenvalue weighted by molar-refractivity contribution is 6.30. The summed E-state index contributed by atoms with van der Waals surface area (Å²) in [5.74, 6) is 0.0169. The van der Waals surface area contributed by atoms with Gasteiger partial charge in [-0.1, -0.05) is 23.7 Å². The van der Waals surface area contributed by atoms with Gasteiger partial charge < -0.3 is 10.1 Å². The van der Waals surface area contributed by atoms with Crippen molar-refractivity contribution in [3.05, 3.63) is 94.8 Å². The monoisotopic (exact) mass is 355 g/mol. The second-order valence-corrected chi connectivity index (χ2v) is 5.84. The molecule has 3 nitrogen and oxygen atoms in total. The lowest BCUT2D eigenvalue weighted by atomic mass is 10.2. The number of amides is 1. The van der Waals surface area contributed by atoms with Crippen LogP contribution in [0.3, 0.4) is 0 Å². The zero-order valence-electron chi connectivity index (χ0n) is 13.2. The third-order valence-corrected chi connectivity index (χ3v) is 3.79. The van der Waals surface area contributed by atoms with Crippen molar-refractivity contribution in [1.82, 2.24) is 0 Å². The van der Waals surface area contributed by atoms with Gasteiger partial charge in [-0.3, -0.25) is 4.79 Å². The number of carbonyl (C=O) groups excluding carboxylic acids is 1. The van der Waals surface area contributed by atoms with E-state index in [1.165, 1.54) is 24.3 Å². The normalized spacial score (nSPS) is 10.3. The molecule has 3 rings (SSSR count). The molecule has 25 heavy (non-hydrogen) atoms. The lowest BCUT2D eigenvalue weighted by Crippen LogP contribution is -2.11. The average Bonchev–Trinajstić information content (AvgIpc) is 2.63. The van der Waals surface area contributed by atoms with Crippen molar-refractivity contribution in [3.8, 4) is 5.75 Å². The molecule has 0 spiro atoms. The zero-order valence-corrected chi connectivity index (χ0v) is 14.0. The second-order valence-electron chi connectivity index (χ2n) is 5.40. The summed E-state index contributed by atoms with van der Waals surface area (Å²) in [6, 6.07) is 19.9. The first-order chi connectivity index (χ1) is 12.1. The standard InChI is InChI=1S/C20H15ClFNO2/c21-16-5-1-14(2-6-16)13-25-19-11-9-18(10-12-19)23-20(24)15-3-7-17(22)8-4-15/h1-12H,13H2,(H,23,24). The smallest absolute Gasteiger partial charge is 0.255 e. The maximum atomic E-state index is 12.9. The number of ether oxygens (including phenoxy) is 1. The molecule has 0 aliphatic rings. The van der Waals surface area contributed by atoms with Gasteiger partial charge in [-0.05, 0) is 66.2 Å². The van der Waals surface area contributed by atoms with Gasteiger partial charge in [-0.15, -0.1) is 0 Å². The summed E-state index contributed by atoms with van der Waals surface area (Å²) in [5.41, 5.74) is 2.04. The van der Waals surface area contributed by atoms with E-state index in [2.05, 4.69) is 5.32 Å². The Morgan fingerprint density at radius 3 is 2.20 bits per heavy atom. The molecule has 0 saturated heterocycles. The minimum Gasteiger partial charge on any atom is -0.489 e. The maximum Gasteiger partial charge on any atom is 0.255 e. The highest BCUT2D eigenvalue weighted by atomic mass is 35.5. The van der Waals surface area contributed by atoms with Crippen molar-refractivity contribution in [2.75, 3.05) is 5.32 Å². The van der Waals surface area contributed by atoms with E-state index in [-0.39, 0.29) is 11.7 Å². The van der Waals surface area contributed by atoms with Gasteiger partial charge in [0.2, 0.25) is 0 Å². The molecule has 0 unspecified atom stereocenters. The summed E-state index contributed by atoms with van der Waals surface area (Å²) in [6.07, 6.45) is 0. The molecule has 1 N–H and O–H groups in total. The number of anilines is 1. The number of benzene rings is 3. The molecule has 0 bridgehead atoms. The molecule has 0 heterocycles. The Hall–Kier alpha value is -2.85. The number of carbonyl (C=O) groups is 1. The fourth-order valence-electron chi connectivity index (χ4n) is 2.19. The minimum absolute atomic E-state index is 0.296. The maximum absolute atomic E-state index is 12.9. The van der Waals surface area contributed by atoms with Crippen molar-refractivity contribution in [1.29, 1.82) is 0 Å². The van der Waals surface area contributed by atoms with E-state index >= 15 is 0 Å². The Kier molecular flexibility index (Phi) is 5.31. The van der Waals surface area contributed by atoms with Crippen LogP contribution in [-0.4, -0.2) is 5.91 Å². The van der Waals surface area contributed by atoms with Crippen molar-refractivity contribution < 1.29 is 13.9 Å². The van der Waals surface area contributed by atoms with Gasteiger partial charge in [0, 0.05) is 16.3 Å². The lowest BCUT2D eigenvalue weighted by Gasteiger charge is -2.09. The molecule has 0 aliphatic heterocycles. The molecular formula is C20H15ClFNO2. The highest BCUT2D eigenvalue weighted by Gasteiger charge is 2.06. The third-order valence-electron chi connectivity index (χ3n) is 3.54. The van der Waals surface area contributed by atoms with Crippen molar-refractivity contribution in [2.24, 2.45) is 0 Å². The highest BCUT2D eigenvalue weighted by Crippen LogP contribution is 2.18. The fraction of sp³-hybridized carbons (Fsp3) is 0.0500. The van der Waals surface area contributed by atoms with E-state index in [4.69, 9.17) is 16.3 Å². The van der Waals surface area contributed by atoms with Gasteiger partial charge in [0.05, 0.1) is 0 Å². The van der Waals surface area contributed by atoms with Gasteiger partial charge in [0.25, 0.3) is 5.91 Å². The summed E-state index contributed by atoms with van der Waals surface area (Å²) in [7, 11) is 0. The topological polar surface area (TPSA) is 38.3 Å². The molecule has 0 fully saturated rings. The van der Waals surface area contributed by atoms with Gasteiger partial charge in [0.15, 0.2) is 0 Å². The van der Waals surface area contributed by atoms with E-state index in [1.807, 2.05) is 24.3 Å². The van der Waals surface area contributed by atoms with Crippen LogP contribution in [-0.2, 0) is 6.61 Å². The van der Waals surface area contributed by atoms with Crippen LogP contribution in [0.15, 0.2) is 72.8 Å². The zero-order chi connectivity index (χ0) is 17.6. The molecule has 0 atom stereocenters. The van der Waals surface area contributed by atoms with Crippen LogP contribution in [0.1, 0.15) is 15.9 Å². The van der Waals surface area contributed by atoms with Gasteiger partial charge in [0.1, 0.15) is 18.2 Å². The van der Waals surface area contributed by atoms with Crippen LogP contribution >= 0.6 is 11.6 Å². The summed E-state index contributed by atoms with van der Waals surface area (Å²) >= 11 is 5.85. The van der Waals surface area contributed by atoms with Crippen molar-refractivity contribution in [2.45, 2.75) is 6.61 Å². The Morgan fingerprint density at radius 1 is 0.920 bits per heavy atom. The lowest BCUT2D eigenvalue weighted by molar-refractivity contribution is 0.102. The molecule has 0 aromatic heterocycles. The summed E-state index contributed by atoms with van der Waals surface area (Å²) < 4.78 is 18.6. The van der Waals surface area contributed by atoms with E-state index in [0.29, 0.717) is 28.6 Å². The van der Waals surface area contributed by atoms with Crippen LogP contribution in [0.25, 0.3) is 0 Å². The first kappa shape index (κ1) is 17.0. The fourth-order valence-corrected chi connectivity index (χ4v) is 2.31. The molecule has 3 aromatic carbocycles. The van der Waals surface area contributed by atoms with Crippen LogP contribution in [0.2, 0.25) is 5.02 Å². The molecule has 0 saturated carbocycles. The minimum atomic E-state index is -0.376. The number of halogens is 2. The molecule has 3 aromatic rings. The summed E-state index contributed by atoms with van der Waals surface area (Å²) in [5, 5.41) is 3.44. The first-order valence-corrected chi connectivity index (χ1v) is 8.02. The Labute approximate surface area is 150 Å². The summed E-state index contributed by atoms with van der Waals surface area (Å²) in [4.78, 5) is 12.1. The summed E-state index contributed by atoms with van der Waals surface area (Å²) in [6.45, 7) is 0.429. The van der Waals surface area contributed by atoms with Crippen molar-refractivity contribution >= 4 is 23.2 Å². The number of rotatable bonds is 5. The molecule has 5 heteroatoms. The number of hydrogen-bond donors (Lipinski definition) is 1. The number of nitrogens with one attached hydrogen (secondary N) is 1. The first-order valence-electron chi connectivity index (χ1n) is 7.64. The Bertz CT molecular complexity index is 846. The van der Waals surface area contributed by atoms with Crippen molar-refractivity contribution in [3.63, 3.8) is 0 Å². The van der Waals surface area contributed by atoms with Crippen LogP contribution < -0.4 is 10.1 Å². The molecule has 0 aliphatic carbocycles. The second kappa shape index (κ2) is 7.81. The van der Waals surface area contributed by atoms with Gasteiger partial charge in [-0.2, -0.15) is 0 Å². The van der Waals surface area contributed by atoms with Crippen LogP contribution in [0.5, 0.6) is 5.75 Å². The third kappa shape index (κ3) is 4.81. The van der Waals surface area contributed by atoms with E-state index < -0.39 is 0 Å². The van der Waals surface area contributed by atoms with Crippen LogP contribution in [0, 0.1) is 5.82 Å². The average molecular weight is 356 g/mol. The Balaban J connectivity index is 1.57. The predicted molar refractivity (Wildman–Crippen MR) is 96.6 cm³/mol.